The number of benzene rings is 1. The van der Waals surface area contributed by atoms with Gasteiger partial charge in [-0.05, 0) is 19.9 Å². The zero-order valence-electron chi connectivity index (χ0n) is 11.6. The summed E-state index contributed by atoms with van der Waals surface area (Å²) in [7, 11) is 0. The molecule has 19 heavy (non-hydrogen) atoms. The highest BCUT2D eigenvalue weighted by atomic mass is 19.1. The van der Waals surface area contributed by atoms with Crippen molar-refractivity contribution in [3.8, 4) is 0 Å². The van der Waals surface area contributed by atoms with Crippen molar-refractivity contribution in [2.75, 3.05) is 13.2 Å². The van der Waals surface area contributed by atoms with Crippen LogP contribution in [0.4, 0.5) is 4.39 Å². The fourth-order valence-electron chi connectivity index (χ4n) is 2.67. The average Bonchev–Trinajstić information content (AvgIpc) is 2.30. The number of halogens is 1. The van der Waals surface area contributed by atoms with Crippen molar-refractivity contribution in [2.24, 2.45) is 0 Å². The highest BCUT2D eigenvalue weighted by Gasteiger charge is 2.38. The Morgan fingerprint density at radius 3 is 2.79 bits per heavy atom. The summed E-state index contributed by atoms with van der Waals surface area (Å²) in [5.74, 6) is -0.214. The van der Waals surface area contributed by atoms with Crippen molar-refractivity contribution >= 4 is 0 Å². The molecular weight excluding hydrogens is 245 g/mol. The minimum absolute atomic E-state index is 0.214. The van der Waals surface area contributed by atoms with E-state index in [0.717, 1.165) is 0 Å². The monoisotopic (exact) mass is 267 g/mol. The van der Waals surface area contributed by atoms with Crippen molar-refractivity contribution in [3.63, 3.8) is 0 Å². The van der Waals surface area contributed by atoms with Gasteiger partial charge in [0, 0.05) is 31.5 Å². The van der Waals surface area contributed by atoms with Crippen LogP contribution in [0.2, 0.25) is 0 Å². The molecule has 1 atom stereocenters. The van der Waals surface area contributed by atoms with Gasteiger partial charge in [-0.3, -0.25) is 0 Å². The van der Waals surface area contributed by atoms with Crippen LogP contribution in [-0.2, 0) is 11.3 Å². The first-order valence-electron chi connectivity index (χ1n) is 6.71. The van der Waals surface area contributed by atoms with Gasteiger partial charge < -0.3 is 15.2 Å². The molecule has 1 aliphatic heterocycles. The second-order valence-electron chi connectivity index (χ2n) is 5.95. The lowest BCUT2D eigenvalue weighted by Crippen LogP contribution is -2.51. The van der Waals surface area contributed by atoms with E-state index in [1.165, 1.54) is 6.07 Å². The highest BCUT2D eigenvalue weighted by Crippen LogP contribution is 2.31. The van der Waals surface area contributed by atoms with Gasteiger partial charge in [-0.25, -0.2) is 4.39 Å². The van der Waals surface area contributed by atoms with Crippen molar-refractivity contribution in [1.82, 2.24) is 5.32 Å². The predicted octanol–water partition coefficient (Wildman–Crippen LogP) is 2.24. The topological polar surface area (TPSA) is 41.5 Å². The van der Waals surface area contributed by atoms with Gasteiger partial charge in [-0.1, -0.05) is 18.2 Å². The van der Waals surface area contributed by atoms with E-state index in [4.69, 9.17) is 4.74 Å². The third kappa shape index (κ3) is 4.00. The highest BCUT2D eigenvalue weighted by molar-refractivity contribution is 5.17. The van der Waals surface area contributed by atoms with Gasteiger partial charge in [0.2, 0.25) is 0 Å². The van der Waals surface area contributed by atoms with Gasteiger partial charge in [0.05, 0.1) is 17.8 Å². The Kier molecular flexibility index (Phi) is 4.23. The average molecular weight is 267 g/mol. The largest absolute Gasteiger partial charge is 0.388 e. The van der Waals surface area contributed by atoms with Crippen LogP contribution in [0.25, 0.3) is 0 Å². The van der Waals surface area contributed by atoms with Crippen LogP contribution in [0.5, 0.6) is 0 Å². The van der Waals surface area contributed by atoms with Crippen molar-refractivity contribution in [2.45, 2.75) is 44.4 Å². The SMILES string of the molecule is CC1(C)CC(O)(CNCc2ccccc2F)CCO1. The van der Waals surface area contributed by atoms with Crippen molar-refractivity contribution < 1.29 is 14.2 Å². The first kappa shape index (κ1) is 14.4. The molecule has 0 amide bonds. The fourth-order valence-corrected chi connectivity index (χ4v) is 2.67. The molecule has 2 rings (SSSR count). The van der Waals surface area contributed by atoms with Crippen LogP contribution in [0.1, 0.15) is 32.3 Å². The van der Waals surface area contributed by atoms with Crippen molar-refractivity contribution in [3.05, 3.63) is 35.6 Å². The van der Waals surface area contributed by atoms with E-state index < -0.39 is 5.60 Å². The Morgan fingerprint density at radius 1 is 1.37 bits per heavy atom. The van der Waals surface area contributed by atoms with Crippen LogP contribution in [0.3, 0.4) is 0 Å². The first-order chi connectivity index (χ1) is 8.90. The molecular formula is C15H22FNO2. The number of rotatable bonds is 4. The zero-order chi connectivity index (χ0) is 13.9. The predicted molar refractivity (Wildman–Crippen MR) is 72.3 cm³/mol. The zero-order valence-corrected chi connectivity index (χ0v) is 11.6. The second-order valence-corrected chi connectivity index (χ2v) is 5.95. The number of nitrogens with one attached hydrogen (secondary N) is 1. The summed E-state index contributed by atoms with van der Waals surface area (Å²) in [6.07, 6.45) is 1.20. The van der Waals surface area contributed by atoms with E-state index in [0.29, 0.717) is 38.1 Å². The van der Waals surface area contributed by atoms with Gasteiger partial charge in [0.1, 0.15) is 5.82 Å². The van der Waals surface area contributed by atoms with Crippen molar-refractivity contribution in [1.29, 1.82) is 0 Å². The molecule has 0 aliphatic carbocycles. The van der Waals surface area contributed by atoms with E-state index in [1.807, 2.05) is 19.9 Å². The van der Waals surface area contributed by atoms with E-state index in [-0.39, 0.29) is 11.4 Å². The molecule has 106 valence electrons. The lowest BCUT2D eigenvalue weighted by molar-refractivity contribution is -0.142. The maximum Gasteiger partial charge on any atom is 0.127 e. The summed E-state index contributed by atoms with van der Waals surface area (Å²) in [5, 5.41) is 13.7. The fraction of sp³-hybridized carbons (Fsp3) is 0.600. The standard InChI is InChI=1S/C15H22FNO2/c1-14(2)10-15(18,7-8-19-14)11-17-9-12-5-3-4-6-13(12)16/h3-6,17-18H,7-11H2,1-2H3. The molecule has 0 aromatic heterocycles. The molecule has 4 heteroatoms. The maximum atomic E-state index is 13.5. The molecule has 0 bridgehead atoms. The Morgan fingerprint density at radius 2 is 2.11 bits per heavy atom. The molecule has 1 fully saturated rings. The smallest absolute Gasteiger partial charge is 0.127 e. The van der Waals surface area contributed by atoms with Crippen LogP contribution in [-0.4, -0.2) is 29.5 Å². The number of ether oxygens (including phenoxy) is 1. The van der Waals surface area contributed by atoms with E-state index in [2.05, 4.69) is 5.32 Å². The van der Waals surface area contributed by atoms with E-state index in [9.17, 15) is 9.50 Å². The summed E-state index contributed by atoms with van der Waals surface area (Å²) in [6.45, 7) is 5.40. The Balaban J connectivity index is 1.87. The molecule has 3 nitrogen and oxygen atoms in total. The third-order valence-corrected chi connectivity index (χ3v) is 3.54. The van der Waals surface area contributed by atoms with E-state index in [1.54, 1.807) is 12.1 Å². The van der Waals surface area contributed by atoms with E-state index >= 15 is 0 Å². The van der Waals surface area contributed by atoms with Gasteiger partial charge in [-0.15, -0.1) is 0 Å². The summed E-state index contributed by atoms with van der Waals surface area (Å²) >= 11 is 0. The minimum atomic E-state index is -0.771. The lowest BCUT2D eigenvalue weighted by Gasteiger charge is -2.41. The molecule has 1 saturated heterocycles. The third-order valence-electron chi connectivity index (χ3n) is 3.54. The maximum absolute atomic E-state index is 13.5. The summed E-state index contributed by atoms with van der Waals surface area (Å²) < 4.78 is 19.0. The minimum Gasteiger partial charge on any atom is -0.388 e. The molecule has 1 heterocycles. The van der Waals surface area contributed by atoms with Gasteiger partial charge in [0.25, 0.3) is 0 Å². The molecule has 0 radical (unpaired) electrons. The Bertz CT molecular complexity index is 436. The quantitative estimate of drug-likeness (QED) is 0.879. The summed E-state index contributed by atoms with van der Waals surface area (Å²) in [6, 6.07) is 6.68. The summed E-state index contributed by atoms with van der Waals surface area (Å²) in [4.78, 5) is 0. The lowest BCUT2D eigenvalue weighted by atomic mass is 9.84. The summed E-state index contributed by atoms with van der Waals surface area (Å²) in [5.41, 5.74) is -0.447. The Hall–Kier alpha value is -0.970. The molecule has 0 spiro atoms. The van der Waals surface area contributed by atoms with Crippen LogP contribution < -0.4 is 5.32 Å². The molecule has 1 unspecified atom stereocenters. The number of aliphatic hydroxyl groups is 1. The Labute approximate surface area is 113 Å². The molecule has 0 saturated carbocycles. The molecule has 1 aromatic carbocycles. The molecule has 1 aromatic rings. The first-order valence-corrected chi connectivity index (χ1v) is 6.71. The van der Waals surface area contributed by atoms with Gasteiger partial charge in [0.15, 0.2) is 0 Å². The molecule has 1 aliphatic rings. The van der Waals surface area contributed by atoms with Gasteiger partial charge >= 0.3 is 0 Å². The van der Waals surface area contributed by atoms with Crippen LogP contribution in [0, 0.1) is 5.82 Å². The number of hydrogen-bond donors (Lipinski definition) is 2. The van der Waals surface area contributed by atoms with Crippen LogP contribution in [0.15, 0.2) is 24.3 Å². The van der Waals surface area contributed by atoms with Gasteiger partial charge in [-0.2, -0.15) is 0 Å². The normalized spacial score (nSPS) is 26.3. The number of hydrogen-bond acceptors (Lipinski definition) is 3. The molecule has 2 N–H and O–H groups in total. The van der Waals surface area contributed by atoms with Crippen LogP contribution >= 0.6 is 0 Å². The second kappa shape index (κ2) is 5.57.